The number of benzene rings is 1. The summed E-state index contributed by atoms with van der Waals surface area (Å²) < 4.78 is 13.2. The zero-order valence-corrected chi connectivity index (χ0v) is 16.2. The van der Waals surface area contributed by atoms with Gasteiger partial charge in [-0.3, -0.25) is 4.79 Å². The number of carbonyl (C=O) groups is 1. The van der Waals surface area contributed by atoms with Gasteiger partial charge in [-0.2, -0.15) is 0 Å². The molecule has 1 saturated heterocycles. The van der Waals surface area contributed by atoms with Gasteiger partial charge in [0.05, 0.1) is 12.1 Å². The lowest BCUT2D eigenvalue weighted by Crippen LogP contribution is -2.38. The first-order valence-corrected chi connectivity index (χ1v) is 9.59. The van der Waals surface area contributed by atoms with Crippen molar-refractivity contribution in [3.63, 3.8) is 0 Å². The minimum absolute atomic E-state index is 0.0969. The van der Waals surface area contributed by atoms with Crippen LogP contribution >= 0.6 is 11.6 Å². The predicted octanol–water partition coefficient (Wildman–Crippen LogP) is 1.85. The normalized spacial score (nSPS) is 29.1. The number of ether oxygens (including phenoxy) is 2. The summed E-state index contributed by atoms with van der Waals surface area (Å²) in [7, 11) is 0. The largest absolute Gasteiger partial charge is 0.454 e. The number of aromatic nitrogens is 3. The molecule has 9 heteroatoms. The summed E-state index contributed by atoms with van der Waals surface area (Å²) in [6, 6.07) is 6.99. The average Bonchev–Trinajstić information content (AvgIpc) is 3.23. The maximum atomic E-state index is 12.1. The van der Waals surface area contributed by atoms with E-state index in [1.54, 1.807) is 29.0 Å². The summed E-state index contributed by atoms with van der Waals surface area (Å²) in [5.41, 5.74) is 2.82. The van der Waals surface area contributed by atoms with Gasteiger partial charge in [0, 0.05) is 16.6 Å². The number of esters is 1. The molecule has 1 fully saturated rings. The number of rotatable bonds is 2. The lowest BCUT2D eigenvalue weighted by Gasteiger charge is -2.31. The third kappa shape index (κ3) is 2.91. The topological polar surface area (TPSA) is 107 Å². The SMILES string of the molecule is Cc1ncnc2c1ccn2C1O[C@H]([C@@H]2OC(=O)Cc3cc(Cl)ccc32)[C@@H](O)[C@H]1O. The Morgan fingerprint density at radius 3 is 2.86 bits per heavy atom. The molecule has 2 N–H and O–H groups in total. The second-order valence-corrected chi connectivity index (χ2v) is 7.76. The minimum atomic E-state index is -1.26. The molecule has 5 atom stereocenters. The van der Waals surface area contributed by atoms with Crippen LogP contribution in [-0.4, -0.2) is 49.0 Å². The highest BCUT2D eigenvalue weighted by atomic mass is 35.5. The molecule has 2 aromatic heterocycles. The first kappa shape index (κ1) is 18.5. The molecular weight excluding hydrogens is 398 g/mol. The van der Waals surface area contributed by atoms with Crippen LogP contribution in [0, 0.1) is 6.92 Å². The first-order chi connectivity index (χ1) is 13.9. The molecule has 150 valence electrons. The lowest BCUT2D eigenvalue weighted by atomic mass is 9.92. The van der Waals surface area contributed by atoms with Crippen LogP contribution in [0.15, 0.2) is 36.8 Å². The van der Waals surface area contributed by atoms with Gasteiger partial charge in [-0.25, -0.2) is 9.97 Å². The standard InChI is InChI=1S/C20H18ClN3O5/c1-9-12-4-5-24(19(12)23-8-22-9)20-16(27)15(26)18(29-20)17-13-3-2-11(21)6-10(13)7-14(25)28-17/h2-6,8,15-18,20,26-27H,7H2,1H3/t15-,16+,17+,18-,20?/m0/s1. The molecule has 2 aliphatic rings. The zero-order chi connectivity index (χ0) is 20.3. The third-order valence-electron chi connectivity index (χ3n) is 5.56. The van der Waals surface area contributed by atoms with Gasteiger partial charge in [0.15, 0.2) is 12.3 Å². The number of halogens is 1. The van der Waals surface area contributed by atoms with Crippen LogP contribution in [0.2, 0.25) is 5.02 Å². The summed E-state index contributed by atoms with van der Waals surface area (Å²) in [6.45, 7) is 1.86. The van der Waals surface area contributed by atoms with Crippen molar-refractivity contribution < 1.29 is 24.5 Å². The summed E-state index contributed by atoms with van der Waals surface area (Å²) in [5.74, 6) is -0.437. The number of aliphatic hydroxyl groups excluding tert-OH is 2. The molecule has 0 bridgehead atoms. The van der Waals surface area contributed by atoms with E-state index < -0.39 is 36.6 Å². The fraction of sp³-hybridized carbons (Fsp3) is 0.350. The van der Waals surface area contributed by atoms with Crippen molar-refractivity contribution in [2.45, 2.75) is 44.0 Å². The summed E-state index contributed by atoms with van der Waals surface area (Å²) >= 11 is 6.05. The molecule has 0 aliphatic carbocycles. The monoisotopic (exact) mass is 415 g/mol. The van der Waals surface area contributed by atoms with Crippen molar-refractivity contribution in [1.29, 1.82) is 0 Å². The zero-order valence-electron chi connectivity index (χ0n) is 15.4. The molecule has 2 aliphatic heterocycles. The Balaban J connectivity index is 1.52. The van der Waals surface area contributed by atoms with Crippen LogP contribution in [0.4, 0.5) is 0 Å². The van der Waals surface area contributed by atoms with Crippen molar-refractivity contribution in [3.8, 4) is 0 Å². The van der Waals surface area contributed by atoms with E-state index in [0.29, 0.717) is 16.2 Å². The van der Waals surface area contributed by atoms with Gasteiger partial charge in [-0.15, -0.1) is 0 Å². The Morgan fingerprint density at radius 1 is 1.21 bits per heavy atom. The maximum absolute atomic E-state index is 12.1. The molecule has 4 heterocycles. The minimum Gasteiger partial charge on any atom is -0.454 e. The van der Waals surface area contributed by atoms with Gasteiger partial charge in [0.2, 0.25) is 0 Å². The van der Waals surface area contributed by atoms with E-state index in [1.165, 1.54) is 6.33 Å². The Hall–Kier alpha value is -2.52. The summed E-state index contributed by atoms with van der Waals surface area (Å²) in [6.07, 6.45) is -1.92. The third-order valence-corrected chi connectivity index (χ3v) is 5.80. The predicted molar refractivity (Wildman–Crippen MR) is 102 cm³/mol. The number of cyclic esters (lactones) is 1. The fourth-order valence-electron chi connectivity index (χ4n) is 4.12. The molecule has 3 aromatic rings. The highest BCUT2D eigenvalue weighted by Gasteiger charge is 2.50. The van der Waals surface area contributed by atoms with Gasteiger partial charge in [-0.1, -0.05) is 17.7 Å². The van der Waals surface area contributed by atoms with E-state index >= 15 is 0 Å². The van der Waals surface area contributed by atoms with Crippen molar-refractivity contribution in [3.05, 3.63) is 58.6 Å². The first-order valence-electron chi connectivity index (χ1n) is 9.21. The molecule has 1 unspecified atom stereocenters. The van der Waals surface area contributed by atoms with Crippen molar-refractivity contribution in [2.75, 3.05) is 0 Å². The van der Waals surface area contributed by atoms with Crippen LogP contribution in [0.3, 0.4) is 0 Å². The second-order valence-electron chi connectivity index (χ2n) is 7.32. The molecule has 1 aromatic carbocycles. The fourth-order valence-corrected chi connectivity index (χ4v) is 4.31. The number of carbonyl (C=O) groups excluding carboxylic acids is 1. The molecule has 0 radical (unpaired) electrons. The lowest BCUT2D eigenvalue weighted by molar-refractivity contribution is -0.164. The smallest absolute Gasteiger partial charge is 0.310 e. The Morgan fingerprint density at radius 2 is 2.03 bits per heavy atom. The highest BCUT2D eigenvalue weighted by Crippen LogP contribution is 2.42. The van der Waals surface area contributed by atoms with Crippen molar-refractivity contribution >= 4 is 28.6 Å². The van der Waals surface area contributed by atoms with Crippen molar-refractivity contribution in [2.24, 2.45) is 0 Å². The number of hydrogen-bond acceptors (Lipinski definition) is 7. The van der Waals surface area contributed by atoms with E-state index in [2.05, 4.69) is 9.97 Å². The van der Waals surface area contributed by atoms with Crippen LogP contribution in [0.25, 0.3) is 11.0 Å². The number of hydrogen-bond donors (Lipinski definition) is 2. The molecule has 29 heavy (non-hydrogen) atoms. The van der Waals surface area contributed by atoms with E-state index in [9.17, 15) is 15.0 Å². The van der Waals surface area contributed by atoms with Crippen LogP contribution in [0.1, 0.15) is 29.2 Å². The van der Waals surface area contributed by atoms with Gasteiger partial charge in [0.25, 0.3) is 0 Å². The van der Waals surface area contributed by atoms with Crippen LogP contribution < -0.4 is 0 Å². The summed E-state index contributed by atoms with van der Waals surface area (Å²) in [4.78, 5) is 20.6. The number of aryl methyl sites for hydroxylation is 1. The number of fused-ring (bicyclic) bond motifs is 2. The van der Waals surface area contributed by atoms with Gasteiger partial charge in [0.1, 0.15) is 30.3 Å². The summed E-state index contributed by atoms with van der Waals surface area (Å²) in [5, 5.41) is 22.8. The number of aliphatic hydroxyl groups is 2. The molecule has 0 amide bonds. The van der Waals surface area contributed by atoms with Crippen molar-refractivity contribution in [1.82, 2.24) is 14.5 Å². The molecule has 0 saturated carbocycles. The van der Waals surface area contributed by atoms with Crippen LogP contribution in [0.5, 0.6) is 0 Å². The number of nitrogens with zero attached hydrogens (tertiary/aromatic N) is 3. The molecule has 5 rings (SSSR count). The quantitative estimate of drug-likeness (QED) is 0.615. The van der Waals surface area contributed by atoms with E-state index in [-0.39, 0.29) is 6.42 Å². The molecule has 0 spiro atoms. The van der Waals surface area contributed by atoms with E-state index in [0.717, 1.165) is 16.6 Å². The van der Waals surface area contributed by atoms with Gasteiger partial charge < -0.3 is 24.3 Å². The molecule has 8 nitrogen and oxygen atoms in total. The highest BCUT2D eigenvalue weighted by molar-refractivity contribution is 6.30. The Kier molecular flexibility index (Phi) is 4.32. The average molecular weight is 416 g/mol. The van der Waals surface area contributed by atoms with Gasteiger partial charge >= 0.3 is 5.97 Å². The second kappa shape index (κ2) is 6.77. The van der Waals surface area contributed by atoms with E-state index in [1.807, 2.05) is 13.0 Å². The molecular formula is C20H18ClN3O5. The maximum Gasteiger partial charge on any atom is 0.310 e. The van der Waals surface area contributed by atoms with Gasteiger partial charge in [-0.05, 0) is 36.2 Å². The van der Waals surface area contributed by atoms with Crippen LogP contribution in [-0.2, 0) is 20.7 Å². The Bertz CT molecular complexity index is 1120. The van der Waals surface area contributed by atoms with E-state index in [4.69, 9.17) is 21.1 Å². The Labute approximate surface area is 170 Å².